The molecular formula is C34H25N2OPS. The quantitative estimate of drug-likeness (QED) is 0.203. The monoisotopic (exact) mass is 540 g/mol. The van der Waals surface area contributed by atoms with Gasteiger partial charge in [0.15, 0.2) is 0 Å². The molecule has 0 unspecified atom stereocenters. The Hall–Kier alpha value is -4.37. The third-order valence-electron chi connectivity index (χ3n) is 6.84. The second-order valence-electron chi connectivity index (χ2n) is 9.11. The van der Waals surface area contributed by atoms with Crippen molar-refractivity contribution in [2.45, 2.75) is 0 Å². The molecule has 0 saturated heterocycles. The lowest BCUT2D eigenvalue weighted by molar-refractivity contribution is -0.111. The van der Waals surface area contributed by atoms with Gasteiger partial charge >= 0.3 is 0 Å². The first-order chi connectivity index (χ1) is 19.2. The second-order valence-corrected chi connectivity index (χ2v) is 12.8. The van der Waals surface area contributed by atoms with Crippen LogP contribution in [0.2, 0.25) is 0 Å². The molecule has 3 nitrogen and oxygen atoms in total. The highest BCUT2D eigenvalue weighted by Crippen LogP contribution is 2.48. The number of rotatable bonds is 5. The van der Waals surface area contributed by atoms with Crippen LogP contribution >= 0.6 is 19.1 Å². The van der Waals surface area contributed by atoms with Gasteiger partial charge in [-0.25, -0.2) is 4.99 Å². The summed E-state index contributed by atoms with van der Waals surface area (Å²) < 4.78 is 0. The van der Waals surface area contributed by atoms with Gasteiger partial charge in [0, 0.05) is 5.56 Å². The van der Waals surface area contributed by atoms with E-state index in [0.29, 0.717) is 16.1 Å². The van der Waals surface area contributed by atoms with E-state index in [4.69, 9.17) is 17.2 Å². The van der Waals surface area contributed by atoms with Gasteiger partial charge in [0.25, 0.3) is 5.91 Å². The molecule has 0 bridgehead atoms. The van der Waals surface area contributed by atoms with Gasteiger partial charge in [0.1, 0.15) is 10.8 Å². The maximum Gasteiger partial charge on any atom is 0.268 e. The van der Waals surface area contributed by atoms with Crippen LogP contribution in [0.3, 0.4) is 0 Å². The van der Waals surface area contributed by atoms with Crippen LogP contribution in [0.5, 0.6) is 0 Å². The summed E-state index contributed by atoms with van der Waals surface area (Å²) in [4.78, 5) is 22.1. The lowest BCUT2D eigenvalue weighted by Gasteiger charge is -2.36. The highest BCUT2D eigenvalue weighted by molar-refractivity contribution is 8.00. The third-order valence-corrected chi connectivity index (χ3v) is 11.6. The molecule has 6 rings (SSSR count). The molecule has 1 amide bonds. The minimum atomic E-state index is -2.74. The van der Waals surface area contributed by atoms with Gasteiger partial charge in [-0.2, -0.15) is 0 Å². The zero-order chi connectivity index (χ0) is 26.7. The van der Waals surface area contributed by atoms with Crippen molar-refractivity contribution in [2.75, 3.05) is 4.90 Å². The molecule has 1 aliphatic heterocycles. The van der Waals surface area contributed by atoms with Crippen molar-refractivity contribution in [2.24, 2.45) is 4.99 Å². The number of thiocarbonyl (C=S) groups is 1. The summed E-state index contributed by atoms with van der Waals surface area (Å²) in [6.07, 6.45) is 0. The topological polar surface area (TPSA) is 32.7 Å². The lowest BCUT2D eigenvalue weighted by Crippen LogP contribution is -2.51. The van der Waals surface area contributed by atoms with Crippen molar-refractivity contribution in [1.29, 1.82) is 0 Å². The van der Waals surface area contributed by atoms with E-state index in [2.05, 4.69) is 36.4 Å². The van der Waals surface area contributed by atoms with Crippen LogP contribution < -0.4 is 20.8 Å². The molecule has 0 saturated carbocycles. The molecule has 39 heavy (non-hydrogen) atoms. The summed E-state index contributed by atoms with van der Waals surface area (Å²) in [5, 5.41) is 3.73. The summed E-state index contributed by atoms with van der Waals surface area (Å²) in [7, 11) is 0. The zero-order valence-electron chi connectivity index (χ0n) is 21.1. The molecule has 0 radical (unpaired) electrons. The fourth-order valence-corrected chi connectivity index (χ4v) is 10.0. The number of para-hydroxylation sites is 1. The summed E-state index contributed by atoms with van der Waals surface area (Å²) in [6, 6.07) is 50.3. The summed E-state index contributed by atoms with van der Waals surface area (Å²) >= 11 is 6.09. The van der Waals surface area contributed by atoms with Crippen LogP contribution in [0.15, 0.2) is 157 Å². The zero-order valence-corrected chi connectivity index (χ0v) is 22.8. The first kappa shape index (κ1) is 24.9. The third kappa shape index (κ3) is 4.38. The van der Waals surface area contributed by atoms with Crippen molar-refractivity contribution in [1.82, 2.24) is 0 Å². The summed E-state index contributed by atoms with van der Waals surface area (Å²) in [6.45, 7) is -2.74. The van der Waals surface area contributed by atoms with E-state index in [1.807, 2.05) is 115 Å². The number of hydrogen-bond donors (Lipinski definition) is 0. The molecule has 0 aliphatic carbocycles. The van der Waals surface area contributed by atoms with E-state index >= 15 is 4.79 Å². The number of anilines is 1. The smallest absolute Gasteiger partial charge is 0.268 e. The molecule has 0 aromatic heterocycles. The lowest BCUT2D eigenvalue weighted by atomic mass is 10.1. The van der Waals surface area contributed by atoms with Gasteiger partial charge < -0.3 is 0 Å². The molecule has 1 heterocycles. The number of nitrogens with zero attached hydrogens (tertiary/aromatic N) is 2. The van der Waals surface area contributed by atoms with Crippen molar-refractivity contribution in [3.05, 3.63) is 157 Å². The van der Waals surface area contributed by atoms with Gasteiger partial charge in [-0.1, -0.05) is 152 Å². The average molecular weight is 541 g/mol. The number of amides is 1. The molecule has 0 atom stereocenters. The molecule has 0 spiro atoms. The predicted molar refractivity (Wildman–Crippen MR) is 170 cm³/mol. The Morgan fingerprint density at radius 3 is 1.36 bits per heavy atom. The molecular weight excluding hydrogens is 515 g/mol. The number of benzene rings is 5. The second kappa shape index (κ2) is 10.8. The van der Waals surface area contributed by atoms with Gasteiger partial charge in [0.05, 0.1) is 11.0 Å². The van der Waals surface area contributed by atoms with Crippen molar-refractivity contribution in [3.63, 3.8) is 0 Å². The molecule has 1 aliphatic rings. The van der Waals surface area contributed by atoms with Gasteiger partial charge in [-0.05, 0) is 34.9 Å². The number of hydrogen-bond acceptors (Lipinski definition) is 2. The Kier molecular flexibility index (Phi) is 6.89. The van der Waals surface area contributed by atoms with Crippen molar-refractivity contribution in [3.8, 4) is 0 Å². The Balaban J connectivity index is 1.79. The predicted octanol–water partition coefficient (Wildman–Crippen LogP) is 5.97. The number of aliphatic imine (C=N–C) groups is 1. The number of carbonyl (C=O) groups is 1. The Labute approximate surface area is 234 Å². The molecule has 5 aromatic carbocycles. The molecule has 5 heteroatoms. The van der Waals surface area contributed by atoms with Crippen LogP contribution in [-0.4, -0.2) is 22.0 Å². The normalized spacial score (nSPS) is 13.8. The van der Waals surface area contributed by atoms with Crippen LogP contribution in [-0.2, 0) is 4.79 Å². The first-order valence-corrected chi connectivity index (χ1v) is 14.9. The minimum Gasteiger partial charge on any atom is -0.268 e. The van der Waals surface area contributed by atoms with Gasteiger partial charge in [-0.15, -0.1) is 0 Å². The van der Waals surface area contributed by atoms with E-state index in [9.17, 15) is 0 Å². The molecule has 5 aromatic rings. The average Bonchev–Trinajstić information content (AvgIpc) is 3.01. The SMILES string of the molecule is O=C1C(=P(c2ccccc2)(c2ccccc2)c2ccccc2)C(=S)N=C(c2ccccc2)N1c1ccccc1. The van der Waals surface area contributed by atoms with E-state index in [1.165, 1.54) is 0 Å². The van der Waals surface area contributed by atoms with Gasteiger partial charge in [0.2, 0.25) is 0 Å². The van der Waals surface area contributed by atoms with Crippen LogP contribution in [0.1, 0.15) is 5.56 Å². The van der Waals surface area contributed by atoms with E-state index in [0.717, 1.165) is 27.2 Å². The van der Waals surface area contributed by atoms with Crippen LogP contribution in [0, 0.1) is 0 Å². The summed E-state index contributed by atoms with van der Waals surface area (Å²) in [5.41, 5.74) is 1.58. The number of carbonyl (C=O) groups excluding carboxylic acids is 1. The van der Waals surface area contributed by atoms with Crippen LogP contribution in [0.4, 0.5) is 5.69 Å². The minimum absolute atomic E-state index is 0.148. The Morgan fingerprint density at radius 2 is 0.923 bits per heavy atom. The van der Waals surface area contributed by atoms with E-state index < -0.39 is 6.89 Å². The fraction of sp³-hybridized carbons (Fsp3) is 0. The molecule has 0 N–H and O–H groups in total. The van der Waals surface area contributed by atoms with E-state index in [-0.39, 0.29) is 5.91 Å². The maximum absolute atomic E-state index is 15.0. The van der Waals surface area contributed by atoms with Gasteiger partial charge in [-0.3, -0.25) is 9.69 Å². The largest absolute Gasteiger partial charge is 0.268 e. The van der Waals surface area contributed by atoms with Crippen molar-refractivity contribution < 1.29 is 4.79 Å². The number of amidine groups is 1. The fourth-order valence-electron chi connectivity index (χ4n) is 5.17. The molecule has 0 fully saturated rings. The molecule has 188 valence electrons. The maximum atomic E-state index is 15.0. The standard InChI is InChI=1S/C34H25N2OPS/c37-34-31(33(39)35-32(26-16-6-1-7-17-26)36(34)27-18-8-2-9-19-27)38(28-20-10-3-11-21-28,29-22-12-4-13-23-29)30-24-14-5-15-25-30/h1-25H. The van der Waals surface area contributed by atoms with Crippen molar-refractivity contribution >= 4 is 62.7 Å². The highest BCUT2D eigenvalue weighted by Gasteiger charge is 2.41. The Morgan fingerprint density at radius 1 is 0.538 bits per heavy atom. The highest BCUT2D eigenvalue weighted by atomic mass is 32.1. The first-order valence-electron chi connectivity index (χ1n) is 12.7. The summed E-state index contributed by atoms with van der Waals surface area (Å²) in [5.74, 6) is 0.387. The van der Waals surface area contributed by atoms with E-state index in [1.54, 1.807) is 4.90 Å². The Bertz CT molecular complexity index is 1620. The van der Waals surface area contributed by atoms with Crippen LogP contribution in [0.25, 0.3) is 0 Å².